The minimum absolute atomic E-state index is 0.0911. The molecule has 1 aromatic rings. The second-order valence-corrected chi connectivity index (χ2v) is 11.7. The van der Waals surface area contributed by atoms with E-state index in [0.717, 1.165) is 5.56 Å². The average Bonchev–Trinajstić information content (AvgIpc) is 3.29. The van der Waals surface area contributed by atoms with Crippen LogP contribution in [0.3, 0.4) is 0 Å². The Morgan fingerprint density at radius 2 is 1.74 bits per heavy atom. The fourth-order valence-corrected chi connectivity index (χ4v) is 7.00. The van der Waals surface area contributed by atoms with E-state index in [1.54, 1.807) is 30.9 Å². The Labute approximate surface area is 206 Å². The molecule has 0 aliphatic carbocycles. The summed E-state index contributed by atoms with van der Waals surface area (Å²) in [5.74, 6) is -1.47. The molecule has 190 valence electrons. The number of amides is 2. The standard InChI is InChI=1S/C24H32FN5O4S/c1-16-9-18(10-17(2)22(16)25)12-27-23(31)21-6-4-8-30(21)24(32)20-5-3-7-28(15-20)35(33,34)29-13-19(11-26)14-29/h9-10,19-21H,3-8,12-15H2,1-2H3,(H,27,31)/t20-,21+/m0/s1. The summed E-state index contributed by atoms with van der Waals surface area (Å²) in [4.78, 5) is 27.9. The van der Waals surface area contributed by atoms with Crippen LogP contribution in [0, 0.1) is 42.8 Å². The van der Waals surface area contributed by atoms with E-state index in [0.29, 0.717) is 49.9 Å². The van der Waals surface area contributed by atoms with Crippen LogP contribution < -0.4 is 5.32 Å². The summed E-state index contributed by atoms with van der Waals surface area (Å²) in [6, 6.07) is 4.89. The van der Waals surface area contributed by atoms with Gasteiger partial charge in [0, 0.05) is 39.3 Å². The number of nitrogens with zero attached hydrogens (tertiary/aromatic N) is 4. The van der Waals surface area contributed by atoms with Crippen LogP contribution >= 0.6 is 0 Å². The first-order valence-electron chi connectivity index (χ1n) is 12.1. The quantitative estimate of drug-likeness (QED) is 0.629. The summed E-state index contributed by atoms with van der Waals surface area (Å²) in [5.41, 5.74) is 1.83. The van der Waals surface area contributed by atoms with Gasteiger partial charge in [-0.1, -0.05) is 12.1 Å². The van der Waals surface area contributed by atoms with Crippen molar-refractivity contribution < 1.29 is 22.4 Å². The molecular weight excluding hydrogens is 473 g/mol. The van der Waals surface area contributed by atoms with Gasteiger partial charge >= 0.3 is 0 Å². The predicted octanol–water partition coefficient (Wildman–Crippen LogP) is 1.46. The smallest absolute Gasteiger partial charge is 0.282 e. The highest BCUT2D eigenvalue weighted by Gasteiger charge is 2.44. The molecule has 3 heterocycles. The molecule has 11 heteroatoms. The minimum Gasteiger partial charge on any atom is -0.350 e. The Morgan fingerprint density at radius 1 is 1.09 bits per heavy atom. The summed E-state index contributed by atoms with van der Waals surface area (Å²) in [7, 11) is -3.70. The number of rotatable bonds is 6. The van der Waals surface area contributed by atoms with Crippen molar-refractivity contribution in [2.24, 2.45) is 11.8 Å². The van der Waals surface area contributed by atoms with E-state index in [4.69, 9.17) is 5.26 Å². The van der Waals surface area contributed by atoms with Crippen LogP contribution in [0.15, 0.2) is 12.1 Å². The van der Waals surface area contributed by atoms with E-state index < -0.39 is 22.2 Å². The maximum absolute atomic E-state index is 13.9. The van der Waals surface area contributed by atoms with E-state index in [2.05, 4.69) is 11.4 Å². The zero-order valence-electron chi connectivity index (χ0n) is 20.2. The Kier molecular flexibility index (Phi) is 7.45. The summed E-state index contributed by atoms with van der Waals surface area (Å²) >= 11 is 0. The molecular formula is C24H32FN5O4S. The van der Waals surface area contributed by atoms with Crippen molar-refractivity contribution in [3.63, 3.8) is 0 Å². The van der Waals surface area contributed by atoms with Gasteiger partial charge in [0.15, 0.2) is 0 Å². The molecule has 1 aromatic carbocycles. The fourth-order valence-electron chi connectivity index (χ4n) is 5.21. The normalized spacial score (nSPS) is 24.1. The third-order valence-corrected chi connectivity index (χ3v) is 9.15. The molecule has 35 heavy (non-hydrogen) atoms. The number of benzene rings is 1. The van der Waals surface area contributed by atoms with Crippen molar-refractivity contribution in [1.82, 2.24) is 18.8 Å². The lowest BCUT2D eigenvalue weighted by molar-refractivity contribution is -0.142. The van der Waals surface area contributed by atoms with Crippen LogP contribution in [-0.2, 0) is 26.3 Å². The molecule has 3 aliphatic rings. The van der Waals surface area contributed by atoms with Gasteiger partial charge in [-0.3, -0.25) is 9.59 Å². The zero-order valence-corrected chi connectivity index (χ0v) is 21.0. The van der Waals surface area contributed by atoms with E-state index >= 15 is 0 Å². The van der Waals surface area contributed by atoms with Gasteiger partial charge in [-0.25, -0.2) is 4.39 Å². The third-order valence-electron chi connectivity index (χ3n) is 7.22. The average molecular weight is 506 g/mol. The van der Waals surface area contributed by atoms with Gasteiger partial charge in [-0.15, -0.1) is 0 Å². The summed E-state index contributed by atoms with van der Waals surface area (Å²) in [6.07, 6.45) is 2.40. The molecule has 2 amide bonds. The number of likely N-dealkylation sites (tertiary alicyclic amines) is 1. The van der Waals surface area contributed by atoms with Gasteiger partial charge in [0.1, 0.15) is 11.9 Å². The van der Waals surface area contributed by atoms with Gasteiger partial charge < -0.3 is 10.2 Å². The SMILES string of the molecule is Cc1cc(CNC(=O)[C@H]2CCCN2C(=O)[C@H]2CCCN(S(=O)(=O)N3CC(C#N)C3)C2)cc(C)c1F. The molecule has 2 atom stereocenters. The first-order valence-corrected chi connectivity index (χ1v) is 13.5. The Morgan fingerprint density at radius 3 is 2.40 bits per heavy atom. The minimum atomic E-state index is -3.70. The molecule has 1 N–H and O–H groups in total. The van der Waals surface area contributed by atoms with Gasteiger partial charge in [0.25, 0.3) is 10.2 Å². The number of nitrogens with one attached hydrogen (secondary N) is 1. The van der Waals surface area contributed by atoms with Crippen molar-refractivity contribution >= 4 is 22.0 Å². The second kappa shape index (κ2) is 10.2. The van der Waals surface area contributed by atoms with Crippen molar-refractivity contribution in [3.8, 4) is 6.07 Å². The maximum atomic E-state index is 13.9. The Hall–Kier alpha value is -2.55. The molecule has 0 radical (unpaired) electrons. The lowest BCUT2D eigenvalue weighted by Gasteiger charge is -2.41. The number of nitriles is 1. The molecule has 0 saturated carbocycles. The monoisotopic (exact) mass is 505 g/mol. The molecule has 3 aliphatic heterocycles. The molecule has 3 fully saturated rings. The highest BCUT2D eigenvalue weighted by atomic mass is 32.2. The maximum Gasteiger partial charge on any atom is 0.282 e. The van der Waals surface area contributed by atoms with Crippen LogP contribution in [-0.4, -0.2) is 72.5 Å². The number of piperidine rings is 1. The molecule has 4 rings (SSSR count). The van der Waals surface area contributed by atoms with Crippen LogP contribution in [0.25, 0.3) is 0 Å². The number of hydrogen-bond acceptors (Lipinski definition) is 5. The predicted molar refractivity (Wildman–Crippen MR) is 126 cm³/mol. The summed E-state index contributed by atoms with van der Waals surface area (Å²) in [6.45, 7) is 4.89. The van der Waals surface area contributed by atoms with Crippen LogP contribution in [0.5, 0.6) is 0 Å². The lowest BCUT2D eigenvalue weighted by Crippen LogP contribution is -2.57. The van der Waals surface area contributed by atoms with E-state index in [-0.39, 0.29) is 49.7 Å². The topological polar surface area (TPSA) is 114 Å². The Balaban J connectivity index is 1.37. The molecule has 0 bridgehead atoms. The zero-order chi connectivity index (χ0) is 25.3. The highest BCUT2D eigenvalue weighted by Crippen LogP contribution is 2.29. The number of aryl methyl sites for hydroxylation is 2. The van der Waals surface area contributed by atoms with Crippen molar-refractivity contribution in [2.45, 2.75) is 52.1 Å². The summed E-state index contributed by atoms with van der Waals surface area (Å²) < 4.78 is 42.3. The summed E-state index contributed by atoms with van der Waals surface area (Å²) in [5, 5.41) is 11.8. The van der Waals surface area contributed by atoms with Crippen LogP contribution in [0.4, 0.5) is 4.39 Å². The number of carbonyl (C=O) groups excluding carboxylic acids is 2. The first kappa shape index (κ1) is 25.5. The number of carbonyl (C=O) groups is 2. The third kappa shape index (κ3) is 5.20. The lowest BCUT2D eigenvalue weighted by atomic mass is 9.97. The van der Waals surface area contributed by atoms with Crippen molar-refractivity contribution in [1.29, 1.82) is 5.26 Å². The van der Waals surface area contributed by atoms with Crippen LogP contribution in [0.2, 0.25) is 0 Å². The number of hydrogen-bond donors (Lipinski definition) is 1. The second-order valence-electron chi connectivity index (χ2n) is 9.80. The van der Waals surface area contributed by atoms with Gasteiger partial charge in [0.2, 0.25) is 11.8 Å². The molecule has 3 saturated heterocycles. The van der Waals surface area contributed by atoms with Crippen molar-refractivity contribution in [2.75, 3.05) is 32.7 Å². The fraction of sp³-hybridized carbons (Fsp3) is 0.625. The van der Waals surface area contributed by atoms with Gasteiger partial charge in [-0.05, 0) is 56.2 Å². The van der Waals surface area contributed by atoms with E-state index in [1.807, 2.05) is 0 Å². The molecule has 0 unspecified atom stereocenters. The molecule has 0 spiro atoms. The van der Waals surface area contributed by atoms with Crippen LogP contribution in [0.1, 0.15) is 42.4 Å². The highest BCUT2D eigenvalue weighted by molar-refractivity contribution is 7.86. The first-order chi connectivity index (χ1) is 16.6. The molecule has 0 aromatic heterocycles. The van der Waals surface area contributed by atoms with Gasteiger partial charge in [-0.2, -0.15) is 22.3 Å². The van der Waals surface area contributed by atoms with E-state index in [1.165, 1.54) is 8.61 Å². The van der Waals surface area contributed by atoms with Crippen molar-refractivity contribution in [3.05, 3.63) is 34.6 Å². The Bertz CT molecular complexity index is 1120. The largest absolute Gasteiger partial charge is 0.350 e. The van der Waals surface area contributed by atoms with Gasteiger partial charge in [0.05, 0.1) is 17.9 Å². The van der Waals surface area contributed by atoms with E-state index in [9.17, 15) is 22.4 Å². The number of halogens is 1. The molecule has 9 nitrogen and oxygen atoms in total.